The lowest BCUT2D eigenvalue weighted by molar-refractivity contribution is 0.244. The van der Waals surface area contributed by atoms with Gasteiger partial charge in [0.05, 0.1) is 40.5 Å². The van der Waals surface area contributed by atoms with Gasteiger partial charge in [-0.2, -0.15) is 0 Å². The number of sulfonamides is 1. The van der Waals surface area contributed by atoms with Gasteiger partial charge in [0.1, 0.15) is 5.75 Å². The number of pyridine rings is 1. The Morgan fingerprint density at radius 3 is 2.03 bits per heavy atom. The van der Waals surface area contributed by atoms with Crippen molar-refractivity contribution < 1.29 is 13.2 Å². The van der Waals surface area contributed by atoms with E-state index < -0.39 is 10.0 Å². The van der Waals surface area contributed by atoms with Crippen LogP contribution in [0.1, 0.15) is 13.8 Å². The number of fused-ring (bicyclic) bond motifs is 2. The van der Waals surface area contributed by atoms with Gasteiger partial charge in [-0.3, -0.25) is 4.72 Å². The molecule has 1 aromatic heterocycles. The van der Waals surface area contributed by atoms with Crippen molar-refractivity contribution in [2.24, 2.45) is 0 Å². The van der Waals surface area contributed by atoms with Crippen LogP contribution in [-0.2, 0) is 10.0 Å². The van der Waals surface area contributed by atoms with Crippen LogP contribution in [0.5, 0.6) is 5.75 Å². The molecule has 1 heterocycles. The first-order chi connectivity index (χ1) is 14.3. The van der Waals surface area contributed by atoms with E-state index in [4.69, 9.17) is 9.72 Å². The summed E-state index contributed by atoms with van der Waals surface area (Å²) in [5, 5.41) is 5.49. The largest absolute Gasteiger partial charge is 0.489 e. The van der Waals surface area contributed by atoms with Crippen LogP contribution < -0.4 is 14.8 Å². The first-order valence-electron chi connectivity index (χ1n) is 9.63. The number of para-hydroxylation sites is 2. The lowest BCUT2D eigenvalue weighted by Crippen LogP contribution is -2.11. The maximum atomic E-state index is 11.6. The predicted molar refractivity (Wildman–Crippen MR) is 130 cm³/mol. The van der Waals surface area contributed by atoms with E-state index in [1.165, 1.54) is 0 Å². The van der Waals surface area contributed by atoms with Gasteiger partial charge in [-0.15, -0.1) is 12.4 Å². The lowest BCUT2D eigenvalue weighted by atomic mass is 10.1. The summed E-state index contributed by atoms with van der Waals surface area (Å²) in [7, 11) is -3.39. The number of hydrogen-bond donors (Lipinski definition) is 2. The monoisotopic (exact) mass is 457 g/mol. The van der Waals surface area contributed by atoms with Crippen molar-refractivity contribution >= 4 is 61.3 Å². The maximum Gasteiger partial charge on any atom is 0.229 e. The van der Waals surface area contributed by atoms with Crippen molar-refractivity contribution in [1.29, 1.82) is 0 Å². The molecule has 2 N–H and O–H groups in total. The molecular formula is C23H24ClN3O3S. The molecule has 0 aliphatic rings. The number of benzene rings is 3. The third-order valence-electron chi connectivity index (χ3n) is 4.49. The zero-order valence-electron chi connectivity index (χ0n) is 17.4. The van der Waals surface area contributed by atoms with Gasteiger partial charge in [0.2, 0.25) is 10.0 Å². The van der Waals surface area contributed by atoms with Gasteiger partial charge in [-0.25, -0.2) is 13.4 Å². The second-order valence-corrected chi connectivity index (χ2v) is 9.15. The molecule has 0 spiro atoms. The molecule has 8 heteroatoms. The summed E-state index contributed by atoms with van der Waals surface area (Å²) in [6, 6.07) is 21.1. The van der Waals surface area contributed by atoms with Crippen LogP contribution in [0.25, 0.3) is 21.8 Å². The van der Waals surface area contributed by atoms with Gasteiger partial charge in [-0.1, -0.05) is 36.4 Å². The standard InChI is InChI=1S/C23H23N3O3S.ClH/c1-15(2)29-22-14-16(26-30(3,27)28)12-13-21(22)25-23-17-8-4-6-10-19(17)24-20-11-7-5-9-18(20)23;/h4-15,26H,1-3H3,(H,24,25);1H. The van der Waals surface area contributed by atoms with E-state index in [0.717, 1.165) is 39.4 Å². The lowest BCUT2D eigenvalue weighted by Gasteiger charge is -2.19. The first kappa shape index (κ1) is 22.7. The summed E-state index contributed by atoms with van der Waals surface area (Å²) in [6.45, 7) is 3.86. The number of nitrogens with one attached hydrogen (secondary N) is 2. The predicted octanol–water partition coefficient (Wildman–Crippen LogP) is 5.71. The van der Waals surface area contributed by atoms with E-state index in [0.29, 0.717) is 11.4 Å². The minimum absolute atomic E-state index is 0. The Labute approximate surface area is 188 Å². The Morgan fingerprint density at radius 2 is 1.48 bits per heavy atom. The number of rotatable bonds is 6. The van der Waals surface area contributed by atoms with Crippen LogP contribution in [0.2, 0.25) is 0 Å². The number of anilines is 3. The van der Waals surface area contributed by atoms with Gasteiger partial charge in [0.15, 0.2) is 0 Å². The molecule has 6 nitrogen and oxygen atoms in total. The second-order valence-electron chi connectivity index (χ2n) is 7.40. The molecule has 0 atom stereocenters. The smallest absolute Gasteiger partial charge is 0.229 e. The molecule has 3 aromatic carbocycles. The average molecular weight is 458 g/mol. The zero-order valence-corrected chi connectivity index (χ0v) is 19.0. The minimum Gasteiger partial charge on any atom is -0.489 e. The number of ether oxygens (including phenoxy) is 1. The van der Waals surface area contributed by atoms with Crippen molar-refractivity contribution in [3.8, 4) is 5.75 Å². The molecule has 0 bridgehead atoms. The first-order valence-corrected chi connectivity index (χ1v) is 11.5. The molecule has 0 saturated heterocycles. The van der Waals surface area contributed by atoms with Crippen LogP contribution in [0.3, 0.4) is 0 Å². The fourth-order valence-corrected chi connectivity index (χ4v) is 3.92. The topological polar surface area (TPSA) is 80.3 Å². The molecule has 0 fully saturated rings. The van der Waals surface area contributed by atoms with Crippen LogP contribution in [0.15, 0.2) is 66.7 Å². The molecule has 0 amide bonds. The summed E-state index contributed by atoms with van der Waals surface area (Å²) in [5.74, 6) is 0.559. The van der Waals surface area contributed by atoms with Gasteiger partial charge in [-0.05, 0) is 38.1 Å². The highest BCUT2D eigenvalue weighted by Gasteiger charge is 2.14. The average Bonchev–Trinajstić information content (AvgIpc) is 2.68. The van der Waals surface area contributed by atoms with Crippen LogP contribution in [-0.4, -0.2) is 25.8 Å². The summed E-state index contributed by atoms with van der Waals surface area (Å²) >= 11 is 0. The van der Waals surface area contributed by atoms with Crippen LogP contribution >= 0.6 is 12.4 Å². The molecule has 0 unspecified atom stereocenters. The maximum absolute atomic E-state index is 11.6. The fourth-order valence-electron chi connectivity index (χ4n) is 3.36. The van der Waals surface area contributed by atoms with E-state index in [2.05, 4.69) is 10.0 Å². The highest BCUT2D eigenvalue weighted by molar-refractivity contribution is 7.92. The number of aromatic nitrogens is 1. The molecule has 4 rings (SSSR count). The highest BCUT2D eigenvalue weighted by atomic mass is 35.5. The van der Waals surface area contributed by atoms with Gasteiger partial charge in [0, 0.05) is 16.8 Å². The molecule has 0 aliphatic heterocycles. The third-order valence-corrected chi connectivity index (χ3v) is 5.10. The fraction of sp³-hybridized carbons (Fsp3) is 0.174. The Morgan fingerprint density at radius 1 is 0.903 bits per heavy atom. The van der Waals surface area contributed by atoms with Crippen molar-refractivity contribution in [3.05, 3.63) is 66.7 Å². The summed E-state index contributed by atoms with van der Waals surface area (Å²) in [6.07, 6.45) is 1.04. The normalized spacial score (nSPS) is 11.4. The van der Waals surface area contributed by atoms with Crippen molar-refractivity contribution in [3.63, 3.8) is 0 Å². The molecule has 0 radical (unpaired) electrons. The molecule has 4 aromatic rings. The van der Waals surface area contributed by atoms with Gasteiger partial charge in [0.25, 0.3) is 0 Å². The SMILES string of the molecule is CC(C)Oc1cc(NS(C)(=O)=O)ccc1Nc1c2ccccc2nc2ccccc12.Cl. The van der Waals surface area contributed by atoms with Gasteiger partial charge >= 0.3 is 0 Å². The summed E-state index contributed by atoms with van der Waals surface area (Å²) in [5.41, 5.74) is 3.89. The third kappa shape index (κ3) is 5.18. The molecule has 0 saturated carbocycles. The van der Waals surface area contributed by atoms with Crippen molar-refractivity contribution in [2.45, 2.75) is 20.0 Å². The molecule has 31 heavy (non-hydrogen) atoms. The second kappa shape index (κ2) is 8.99. The van der Waals surface area contributed by atoms with Crippen molar-refractivity contribution in [2.75, 3.05) is 16.3 Å². The van der Waals surface area contributed by atoms with Gasteiger partial charge < -0.3 is 10.1 Å². The van der Waals surface area contributed by atoms with E-state index in [9.17, 15) is 8.42 Å². The molecule has 162 valence electrons. The van der Waals surface area contributed by atoms with Crippen molar-refractivity contribution in [1.82, 2.24) is 4.98 Å². The minimum atomic E-state index is -3.39. The van der Waals surface area contributed by atoms with Crippen LogP contribution in [0, 0.1) is 0 Å². The number of halogens is 1. The quantitative estimate of drug-likeness (QED) is 0.362. The summed E-state index contributed by atoms with van der Waals surface area (Å²) < 4.78 is 31.7. The van der Waals surface area contributed by atoms with Crippen LogP contribution in [0.4, 0.5) is 17.1 Å². The van der Waals surface area contributed by atoms with E-state index in [-0.39, 0.29) is 18.5 Å². The highest BCUT2D eigenvalue weighted by Crippen LogP contribution is 2.37. The molecular weight excluding hydrogens is 434 g/mol. The summed E-state index contributed by atoms with van der Waals surface area (Å²) in [4.78, 5) is 4.76. The Balaban J connectivity index is 0.00000272. The Kier molecular flexibility index (Phi) is 6.57. The zero-order chi connectivity index (χ0) is 21.3. The Bertz CT molecular complexity index is 1290. The van der Waals surface area contributed by atoms with E-state index in [1.807, 2.05) is 68.4 Å². The number of nitrogens with zero attached hydrogens (tertiary/aromatic N) is 1. The van der Waals surface area contributed by atoms with E-state index in [1.54, 1.807) is 12.1 Å². The number of hydrogen-bond acceptors (Lipinski definition) is 5. The molecule has 0 aliphatic carbocycles. The van der Waals surface area contributed by atoms with E-state index >= 15 is 0 Å². The Hall–Kier alpha value is -3.03.